The fourth-order valence-corrected chi connectivity index (χ4v) is 18.7. The van der Waals surface area contributed by atoms with Crippen molar-refractivity contribution in [3.8, 4) is 76.4 Å². The Morgan fingerprint density at radius 3 is 1.76 bits per heavy atom. The third-order valence-corrected chi connectivity index (χ3v) is 26.7. The molecule has 0 spiro atoms. The Balaban J connectivity index is 0.000000227. The number of carbonyl (C=O) groups excluding carboxylic acids is 1. The van der Waals surface area contributed by atoms with Crippen LogP contribution in [-0.4, -0.2) is 157 Å². The fraction of sp³-hybridized carbons (Fsp3) is 0.462. The Labute approximate surface area is 873 Å². The van der Waals surface area contributed by atoms with Gasteiger partial charge in [-0.2, -0.15) is 14.8 Å². The van der Waals surface area contributed by atoms with Gasteiger partial charge in [0.25, 0.3) is 5.56 Å². The number of benzene rings is 6. The molecular weight excluding hydrogens is 1890 g/mol. The molecule has 1 N–H and O–H groups in total. The van der Waals surface area contributed by atoms with Crippen LogP contribution in [0, 0.1) is 74.2 Å². The number of ether oxygens (including phenoxy) is 3. The van der Waals surface area contributed by atoms with Crippen LogP contribution in [0.4, 0.5) is 57.4 Å². The second kappa shape index (κ2) is 58.7. The molecule has 147 heavy (non-hydrogen) atoms. The van der Waals surface area contributed by atoms with Gasteiger partial charge in [0.2, 0.25) is 15.2 Å². The summed E-state index contributed by atoms with van der Waals surface area (Å²) in [5, 5.41) is 15.8. The fourth-order valence-electron chi connectivity index (χ4n) is 17.2. The number of esters is 1. The summed E-state index contributed by atoms with van der Waals surface area (Å²) in [7, 11) is 2.18. The second-order valence-corrected chi connectivity index (χ2v) is 40.9. The van der Waals surface area contributed by atoms with Crippen LogP contribution in [0.1, 0.15) is 304 Å². The van der Waals surface area contributed by atoms with E-state index in [0.29, 0.717) is 80.2 Å². The number of carbonyl (C=O) groups is 1. The van der Waals surface area contributed by atoms with Crippen molar-refractivity contribution in [2.45, 2.75) is 283 Å². The minimum Gasteiger partial charge on any atom is -0.496 e. The Kier molecular flexibility index (Phi) is 46.1. The number of aryl methyl sites for hydroxylation is 3. The number of hydrogen-bond donors (Lipinski definition) is 1. The van der Waals surface area contributed by atoms with Gasteiger partial charge in [-0.3, -0.25) is 9.52 Å². The first-order valence-electron chi connectivity index (χ1n) is 52.2. The number of hydrogen-bond acceptors (Lipinski definition) is 22. The van der Waals surface area contributed by atoms with Crippen LogP contribution in [0.2, 0.25) is 0 Å². The normalized spacial score (nSPS) is 12.9. The van der Waals surface area contributed by atoms with E-state index in [4.69, 9.17) is 50.9 Å². The van der Waals surface area contributed by atoms with Gasteiger partial charge < -0.3 is 33.8 Å². The molecule has 25 nitrogen and oxygen atoms in total. The Bertz CT molecular complexity index is 6730. The molecule has 6 heterocycles. The zero-order valence-electron chi connectivity index (χ0n) is 89.1. The number of fused-ring (bicyclic) bond motifs is 2. The summed E-state index contributed by atoms with van der Waals surface area (Å²) in [6.45, 7) is 33.5. The van der Waals surface area contributed by atoms with E-state index in [1.54, 1.807) is 55.7 Å². The van der Waals surface area contributed by atoms with Crippen molar-refractivity contribution in [3.63, 3.8) is 0 Å². The summed E-state index contributed by atoms with van der Waals surface area (Å²) in [5.74, 6) is 15.5. The predicted octanol–water partition coefficient (Wildman–Crippen LogP) is 26.1. The molecule has 0 unspecified atom stereocenters. The molecule has 0 aliphatic carbocycles. The highest BCUT2D eigenvalue weighted by atomic mass is 32.2. The van der Waals surface area contributed by atoms with Gasteiger partial charge in [-0.25, -0.2) is 48.1 Å². The van der Waals surface area contributed by atoms with Crippen LogP contribution in [0.5, 0.6) is 5.75 Å². The maximum Gasteiger partial charge on any atom is 0.573 e. The van der Waals surface area contributed by atoms with E-state index < -0.39 is 27.8 Å². The van der Waals surface area contributed by atoms with Gasteiger partial charge >= 0.3 is 12.3 Å². The smallest absolute Gasteiger partial charge is 0.496 e. The highest BCUT2D eigenvalue weighted by Gasteiger charge is 2.37. The first-order chi connectivity index (χ1) is 70.9. The van der Waals surface area contributed by atoms with Crippen LogP contribution < -0.4 is 39.8 Å². The topological polar surface area (TPSA) is 269 Å². The number of alkyl halides is 3. The number of anilines is 5. The zero-order chi connectivity index (χ0) is 106. The van der Waals surface area contributed by atoms with Crippen LogP contribution in [0.25, 0.3) is 34.4 Å². The number of terminal acetylenes is 1. The number of methoxy groups -OCH3 is 1. The minimum absolute atomic E-state index is 0.111. The molecule has 0 atom stereocenters. The van der Waals surface area contributed by atoms with Crippen molar-refractivity contribution in [1.29, 1.82) is 0 Å². The molecule has 0 saturated carbocycles. The Morgan fingerprint density at radius 1 is 0.599 bits per heavy atom. The molecule has 0 saturated heterocycles. The van der Waals surface area contributed by atoms with Gasteiger partial charge in [-0.05, 0) is 180 Å². The van der Waals surface area contributed by atoms with Crippen LogP contribution >= 0.6 is 11.3 Å². The molecule has 780 valence electrons. The number of aliphatic imine (C=N–C) groups is 5. The Morgan fingerprint density at radius 2 is 1.16 bits per heavy atom. The molecular formula is C117H147F3N18O7S2. The molecule has 2 aliphatic heterocycles. The number of halogens is 3. The summed E-state index contributed by atoms with van der Waals surface area (Å²) in [4.78, 5) is 75.6. The first-order valence-corrected chi connectivity index (χ1v) is 54.9. The molecule has 0 bridgehead atoms. The lowest BCUT2D eigenvalue weighted by molar-refractivity contribution is -0.280. The van der Waals surface area contributed by atoms with E-state index in [1.165, 1.54) is 176 Å². The van der Waals surface area contributed by atoms with Crippen LogP contribution in [-0.2, 0) is 25.9 Å². The SMILES string of the molecule is C#CC#CC#CC#COC(=O)c1nn2nc(-c3cc(C)ccc3N=COC(F)(F)F)nc2/c1=C\c1ccc(N(CC)CCCC)cc1C.CCCCCCCCN(CCCCCCCC)c1ccc(N=C2C(C(C)(C)C)=Nn3c2nc(-c2ccccc2NS(C)(=O)=O)c(CCCC)c3=O)c(C)c1.CCCCCCCCN(CCCCCCCC)c1cnc(N=C2N=C(c3ccccc3OC)N=C2c2ccccc2N(C)C)s1. The van der Waals surface area contributed by atoms with E-state index in [1.807, 2.05) is 87.9 Å². The number of aromatic nitrogens is 7. The third-order valence-electron chi connectivity index (χ3n) is 25.1. The van der Waals surface area contributed by atoms with Crippen molar-refractivity contribution >= 4 is 119 Å². The van der Waals surface area contributed by atoms with Gasteiger partial charge in [0.15, 0.2) is 41.1 Å². The van der Waals surface area contributed by atoms with E-state index in [0.717, 1.165) is 138 Å². The molecule has 0 fully saturated rings. The quantitative estimate of drug-likeness (QED) is 0.0122. The van der Waals surface area contributed by atoms with E-state index in [9.17, 15) is 31.2 Å². The maximum atomic E-state index is 14.4. The number of para-hydroxylation sites is 3. The van der Waals surface area contributed by atoms with Crippen molar-refractivity contribution in [2.24, 2.45) is 35.5 Å². The molecule has 10 aromatic rings. The van der Waals surface area contributed by atoms with Crippen molar-refractivity contribution < 1.29 is 40.6 Å². The highest BCUT2D eigenvalue weighted by molar-refractivity contribution is 7.92. The summed E-state index contributed by atoms with van der Waals surface area (Å²) in [6.07, 6.45) is 42.7. The van der Waals surface area contributed by atoms with Gasteiger partial charge in [-0.1, -0.05) is 281 Å². The first kappa shape index (κ1) is 115. The maximum absolute atomic E-state index is 14.4. The number of sulfonamides is 1. The largest absolute Gasteiger partial charge is 0.573 e. The molecule has 2 aliphatic rings. The number of unbranched alkanes of at least 4 members (excludes halogenated alkanes) is 22. The van der Waals surface area contributed by atoms with Crippen LogP contribution in [0.15, 0.2) is 168 Å². The molecule has 0 amide bonds. The monoisotopic (exact) mass is 2040 g/mol. The summed E-state index contributed by atoms with van der Waals surface area (Å²) in [5.41, 5.74) is 13.3. The van der Waals surface area contributed by atoms with Crippen molar-refractivity contribution in [1.82, 2.24) is 34.5 Å². The minimum atomic E-state index is -4.89. The number of nitrogens with one attached hydrogen (secondary N) is 1. The predicted molar refractivity (Wildman–Crippen MR) is 601 cm³/mol. The number of thiazole rings is 1. The molecule has 0 radical (unpaired) electrons. The number of rotatable bonds is 52. The van der Waals surface area contributed by atoms with Gasteiger partial charge in [0, 0.05) is 116 Å². The third kappa shape index (κ3) is 34.8. The van der Waals surface area contributed by atoms with E-state index >= 15 is 0 Å². The second-order valence-electron chi connectivity index (χ2n) is 38.2. The molecule has 6 aromatic carbocycles. The number of amidine groups is 2. The van der Waals surface area contributed by atoms with Crippen molar-refractivity contribution in [2.75, 3.05) is 91.1 Å². The molecule has 4 aromatic heterocycles. The zero-order valence-corrected chi connectivity index (χ0v) is 90.7. The van der Waals surface area contributed by atoms with Gasteiger partial charge in [0.1, 0.15) is 28.3 Å². The lowest BCUT2D eigenvalue weighted by atomic mass is 9.87. The average Bonchev–Trinajstić information content (AvgIpc) is 1.63. The number of nitrogens with zero attached hydrogens (tertiary/aromatic N) is 17. The lowest BCUT2D eigenvalue weighted by Crippen LogP contribution is -2.29. The highest BCUT2D eigenvalue weighted by Crippen LogP contribution is 2.39. The van der Waals surface area contributed by atoms with Crippen molar-refractivity contribution in [3.05, 3.63) is 200 Å². The summed E-state index contributed by atoms with van der Waals surface area (Å²) >= 11 is 1.65. The molecule has 12 rings (SSSR count). The van der Waals surface area contributed by atoms with E-state index in [2.05, 4.69) is 203 Å². The lowest BCUT2D eigenvalue weighted by Gasteiger charge is -2.26. The van der Waals surface area contributed by atoms with Gasteiger partial charge in [0.05, 0.1) is 58.8 Å². The summed E-state index contributed by atoms with van der Waals surface area (Å²) < 4.78 is 82.1. The average molecular weight is 2040 g/mol. The Hall–Kier alpha value is -13.6. The standard InChI is InChI=1S/C44H66N6O3S.C37H52N6OS.C36H29F3N6O3/c1-9-12-15-17-19-23-30-49(31-24-20-18-16-13-10-2)34-28-29-37(33(4)32-34)45-40-41(44(5,6)7)47-50-42(40)46-39(36(43(50)51)25-14-11-3)35-26-21-22-27-38(35)48-54(8,52)53;1-6-8-10-12-14-20-26-43(27-21-15-13-11-9-7-2)33-28-38-37(45-33)41-36-34(29-22-16-18-24-31(29)42(3)4)39-35(40-36)30-23-17-19-25-32(30)44-5;1-6-9-11-12-13-14-20-47-35(46)32-30(23-27-16-17-28(22-26(27)5)44(8-3)19-10-7-2)34-41-33(43-45(34)42-32)29-21-25(4)15-18-31(29)40-24-48-36(37,38)39/h21-22,26-29,32,48H,9-20,23-25,30-31H2,1-8H3;16-19,22-25,28H,6-15,20-21,26-27H2,1-5H3;1,15-18,21-24H,7-8,10,19H2,2-5H3/b;;30-23-,40-24?. The molecule has 30 heteroatoms. The van der Waals surface area contributed by atoms with E-state index in [-0.39, 0.29) is 28.4 Å². The van der Waals surface area contributed by atoms with Gasteiger partial charge in [-0.15, -0.1) is 34.4 Å². The summed E-state index contributed by atoms with van der Waals surface area (Å²) in [6, 6.07) is 40.6. The van der Waals surface area contributed by atoms with Crippen LogP contribution in [0.3, 0.4) is 0 Å².